The molecule has 2 bridgehead atoms. The van der Waals surface area contributed by atoms with E-state index in [4.69, 9.17) is 11.6 Å². The summed E-state index contributed by atoms with van der Waals surface area (Å²) in [5, 5.41) is 0.590. The number of halogens is 2. The highest BCUT2D eigenvalue weighted by Gasteiger charge is 2.30. The highest BCUT2D eigenvalue weighted by molar-refractivity contribution is 8.04. The van der Waals surface area contributed by atoms with Crippen molar-refractivity contribution >= 4 is 30.7 Å². The van der Waals surface area contributed by atoms with Crippen molar-refractivity contribution in [2.45, 2.75) is 50.6 Å². The van der Waals surface area contributed by atoms with E-state index in [1.165, 1.54) is 18.4 Å². The van der Waals surface area contributed by atoms with Crippen LogP contribution >= 0.6 is 30.7 Å². The molecule has 1 aromatic heterocycles. The Labute approximate surface area is 188 Å². The van der Waals surface area contributed by atoms with Gasteiger partial charge in [-0.2, -0.15) is 0 Å². The Morgan fingerprint density at radius 2 is 1.90 bits per heavy atom. The van der Waals surface area contributed by atoms with Gasteiger partial charge < -0.3 is 4.89 Å². The standard InChI is InChI=1S/C22H31ClFN2O2PS/c1-15-17(6-3-16-4-7-19(24)8-5-16)11-20-13-21(12-18(15)9-10-23)26-22(25-20)30-14-29(2,27)28/h4,7-8,13,15-18H,3,5-6,9-12,14H2,1-2H3,(H,27,28). The lowest BCUT2D eigenvalue weighted by molar-refractivity contribution is 0.210. The summed E-state index contributed by atoms with van der Waals surface area (Å²) >= 11 is 7.38. The summed E-state index contributed by atoms with van der Waals surface area (Å²) in [6.45, 7) is 3.68. The van der Waals surface area contributed by atoms with E-state index in [2.05, 4.69) is 23.0 Å². The van der Waals surface area contributed by atoms with Crippen LogP contribution in [0.3, 0.4) is 0 Å². The fraction of sp³-hybridized carbons (Fsp3) is 0.636. The predicted molar refractivity (Wildman–Crippen MR) is 123 cm³/mol. The van der Waals surface area contributed by atoms with Crippen LogP contribution in [-0.4, -0.2) is 32.9 Å². The van der Waals surface area contributed by atoms with Crippen LogP contribution in [0.4, 0.5) is 4.39 Å². The average Bonchev–Trinajstić information content (AvgIpc) is 2.69. The van der Waals surface area contributed by atoms with Gasteiger partial charge in [-0.1, -0.05) is 24.8 Å². The number of thioether (sulfide) groups is 1. The van der Waals surface area contributed by atoms with Crippen LogP contribution in [0.25, 0.3) is 0 Å². The summed E-state index contributed by atoms with van der Waals surface area (Å²) in [4.78, 5) is 19.0. The molecule has 0 spiro atoms. The maximum absolute atomic E-state index is 13.3. The molecule has 0 aromatic carbocycles. The second kappa shape index (κ2) is 10.8. The third-order valence-electron chi connectivity index (χ3n) is 6.21. The second-order valence-electron chi connectivity index (χ2n) is 8.74. The summed E-state index contributed by atoms with van der Waals surface area (Å²) < 4.78 is 24.9. The van der Waals surface area contributed by atoms with Crippen molar-refractivity contribution in [3.8, 4) is 0 Å². The Bertz CT molecular complexity index is 844. The normalized spacial score (nSPS) is 28.4. The van der Waals surface area contributed by atoms with Crippen LogP contribution in [0.2, 0.25) is 0 Å². The van der Waals surface area contributed by atoms with Gasteiger partial charge in [-0.15, -0.1) is 11.6 Å². The number of rotatable bonds is 8. The van der Waals surface area contributed by atoms with Crippen molar-refractivity contribution in [2.24, 2.45) is 23.7 Å². The van der Waals surface area contributed by atoms with E-state index in [0.29, 0.717) is 34.7 Å². The summed E-state index contributed by atoms with van der Waals surface area (Å²) in [7, 11) is -3.12. The molecule has 30 heavy (non-hydrogen) atoms. The molecule has 5 unspecified atom stereocenters. The third-order valence-corrected chi connectivity index (χ3v) is 9.30. The van der Waals surface area contributed by atoms with Gasteiger partial charge in [0.1, 0.15) is 5.83 Å². The van der Waals surface area contributed by atoms with Crippen molar-refractivity contribution in [3.05, 3.63) is 41.5 Å². The first kappa shape index (κ1) is 24.0. The van der Waals surface area contributed by atoms with Gasteiger partial charge in [0, 0.05) is 23.9 Å². The zero-order valence-electron chi connectivity index (χ0n) is 17.6. The molecule has 0 amide bonds. The first-order valence-corrected chi connectivity index (χ1v) is 14.4. The van der Waals surface area contributed by atoms with Gasteiger partial charge in [0.25, 0.3) is 0 Å². The van der Waals surface area contributed by atoms with Crippen LogP contribution in [0.5, 0.6) is 0 Å². The molecule has 0 fully saturated rings. The number of aromatic nitrogens is 2. The molecule has 0 aliphatic heterocycles. The summed E-state index contributed by atoms with van der Waals surface area (Å²) in [5.41, 5.74) is 2.14. The van der Waals surface area contributed by atoms with E-state index in [1.54, 1.807) is 12.2 Å². The van der Waals surface area contributed by atoms with E-state index in [9.17, 15) is 13.8 Å². The highest BCUT2D eigenvalue weighted by atomic mass is 35.5. The molecule has 4 nitrogen and oxygen atoms in total. The van der Waals surface area contributed by atoms with Crippen molar-refractivity contribution in [3.63, 3.8) is 0 Å². The first-order valence-electron chi connectivity index (χ1n) is 10.6. The number of hydrogen-bond donors (Lipinski definition) is 1. The molecule has 8 heteroatoms. The summed E-state index contributed by atoms with van der Waals surface area (Å²) in [5.74, 6) is 2.30. The smallest absolute Gasteiger partial charge is 0.207 e. The number of nitrogens with zero attached hydrogens (tertiary/aromatic N) is 2. The second-order valence-corrected chi connectivity index (χ2v) is 12.9. The molecule has 1 aromatic rings. The number of fused-ring (bicyclic) bond motifs is 2. The van der Waals surface area contributed by atoms with E-state index < -0.39 is 7.37 Å². The van der Waals surface area contributed by atoms with Gasteiger partial charge in [-0.3, -0.25) is 4.57 Å². The van der Waals surface area contributed by atoms with E-state index in [-0.39, 0.29) is 11.3 Å². The minimum absolute atomic E-state index is 0.124. The lowest BCUT2D eigenvalue weighted by Gasteiger charge is -2.33. The van der Waals surface area contributed by atoms with Crippen LogP contribution < -0.4 is 0 Å². The average molecular weight is 473 g/mol. The Hall–Kier alpha value is -0.680. The van der Waals surface area contributed by atoms with Gasteiger partial charge in [0.15, 0.2) is 5.16 Å². The zero-order chi connectivity index (χ0) is 21.7. The van der Waals surface area contributed by atoms with Crippen LogP contribution in [-0.2, 0) is 17.4 Å². The molecule has 0 saturated heterocycles. The van der Waals surface area contributed by atoms with E-state index in [1.807, 2.05) is 6.08 Å². The molecule has 2 aliphatic rings. The predicted octanol–water partition coefficient (Wildman–Crippen LogP) is 6.23. The SMILES string of the molecule is CC1C(CCCl)Cc2cc(nc(SCP(C)(=O)O)n2)CC1CCC1C=CC(F)=CC1. The Kier molecular flexibility index (Phi) is 8.60. The lowest BCUT2D eigenvalue weighted by Crippen LogP contribution is -2.28. The van der Waals surface area contributed by atoms with Crippen LogP contribution in [0, 0.1) is 23.7 Å². The van der Waals surface area contributed by atoms with Crippen LogP contribution in [0.1, 0.15) is 44.0 Å². The summed E-state index contributed by atoms with van der Waals surface area (Å²) in [6.07, 6.45) is 10.8. The minimum atomic E-state index is -3.12. The Balaban J connectivity index is 1.76. The monoisotopic (exact) mass is 472 g/mol. The van der Waals surface area contributed by atoms with Gasteiger partial charge in [0.2, 0.25) is 7.37 Å². The topological polar surface area (TPSA) is 63.1 Å². The van der Waals surface area contributed by atoms with Gasteiger partial charge in [-0.25, -0.2) is 14.4 Å². The fourth-order valence-corrected chi connectivity index (χ4v) is 6.49. The highest BCUT2D eigenvalue weighted by Crippen LogP contribution is 2.42. The fourth-order valence-electron chi connectivity index (χ4n) is 4.42. The molecule has 1 N–H and O–H groups in total. The molecule has 3 rings (SSSR count). The molecular weight excluding hydrogens is 442 g/mol. The van der Waals surface area contributed by atoms with Crippen LogP contribution in [0.15, 0.2) is 35.3 Å². The largest absolute Gasteiger partial charge is 0.344 e. The minimum Gasteiger partial charge on any atom is -0.344 e. The van der Waals surface area contributed by atoms with Gasteiger partial charge >= 0.3 is 0 Å². The number of alkyl halides is 1. The molecular formula is C22H31ClFN2O2PS. The molecule has 1 heterocycles. The van der Waals surface area contributed by atoms with E-state index in [0.717, 1.165) is 49.9 Å². The zero-order valence-corrected chi connectivity index (χ0v) is 20.1. The van der Waals surface area contributed by atoms with Gasteiger partial charge in [0.05, 0.1) is 5.49 Å². The maximum Gasteiger partial charge on any atom is 0.207 e. The molecule has 0 radical (unpaired) electrons. The Morgan fingerprint density at radius 3 is 2.47 bits per heavy atom. The number of hydrogen-bond acceptors (Lipinski definition) is 4. The Morgan fingerprint density at radius 1 is 1.23 bits per heavy atom. The van der Waals surface area contributed by atoms with Crippen molar-refractivity contribution in [1.29, 1.82) is 0 Å². The molecule has 5 atom stereocenters. The van der Waals surface area contributed by atoms with Gasteiger partial charge in [-0.05, 0) is 80.4 Å². The number of allylic oxidation sites excluding steroid dienone is 4. The lowest BCUT2D eigenvalue weighted by atomic mass is 9.73. The quantitative estimate of drug-likeness (QED) is 0.210. The third kappa shape index (κ3) is 7.19. The van der Waals surface area contributed by atoms with Crippen molar-refractivity contribution < 1.29 is 13.8 Å². The van der Waals surface area contributed by atoms with E-state index >= 15 is 0 Å². The molecule has 166 valence electrons. The van der Waals surface area contributed by atoms with Crippen molar-refractivity contribution in [1.82, 2.24) is 9.97 Å². The molecule has 2 aliphatic carbocycles. The van der Waals surface area contributed by atoms with Crippen molar-refractivity contribution in [2.75, 3.05) is 18.0 Å². The maximum atomic E-state index is 13.3. The molecule has 0 saturated carbocycles. The first-order chi connectivity index (χ1) is 14.2. The summed E-state index contributed by atoms with van der Waals surface area (Å²) in [6, 6.07) is 2.09.